The summed E-state index contributed by atoms with van der Waals surface area (Å²) in [7, 11) is 0. The van der Waals surface area contributed by atoms with Crippen LogP contribution in [0.4, 0.5) is 9.59 Å². The molecule has 3 aliphatic heterocycles. The molecule has 0 aliphatic carbocycles. The van der Waals surface area contributed by atoms with Crippen LogP contribution >= 0.6 is 0 Å². The third-order valence-corrected chi connectivity index (χ3v) is 8.92. The number of amidine groups is 1. The maximum atomic E-state index is 12.9. The highest BCUT2D eigenvalue weighted by atomic mass is 16.6. The quantitative estimate of drug-likeness (QED) is 0.267. The van der Waals surface area contributed by atoms with Gasteiger partial charge < -0.3 is 24.9 Å². The van der Waals surface area contributed by atoms with Gasteiger partial charge in [0, 0.05) is 18.7 Å². The minimum Gasteiger partial charge on any atom is -0.444 e. The van der Waals surface area contributed by atoms with Crippen LogP contribution in [0.15, 0.2) is 53.5 Å². The maximum absolute atomic E-state index is 12.9. The van der Waals surface area contributed by atoms with Crippen molar-refractivity contribution in [2.75, 3.05) is 19.6 Å². The van der Waals surface area contributed by atoms with E-state index in [2.05, 4.69) is 46.7 Å². The molecule has 1 aromatic heterocycles. The van der Waals surface area contributed by atoms with E-state index >= 15 is 0 Å². The van der Waals surface area contributed by atoms with Crippen molar-refractivity contribution in [2.45, 2.75) is 103 Å². The minimum absolute atomic E-state index is 0.0504. The molecule has 11 heteroatoms. The molecular formula is C37H48N6O5. The van der Waals surface area contributed by atoms with Crippen LogP contribution in [-0.4, -0.2) is 79.8 Å². The Kier molecular flexibility index (Phi) is 9.26. The summed E-state index contributed by atoms with van der Waals surface area (Å²) in [6.07, 6.45) is 2.81. The van der Waals surface area contributed by atoms with Crippen LogP contribution in [0.25, 0.3) is 22.4 Å². The molecule has 4 heterocycles. The third kappa shape index (κ3) is 7.36. The van der Waals surface area contributed by atoms with Gasteiger partial charge in [-0.15, -0.1) is 0 Å². The fraction of sp³-hybridized carbons (Fsp3) is 0.514. The van der Waals surface area contributed by atoms with Crippen LogP contribution in [0.2, 0.25) is 0 Å². The largest absolute Gasteiger partial charge is 0.444 e. The second-order valence-electron chi connectivity index (χ2n) is 14.9. The molecule has 0 saturated carbocycles. The Morgan fingerprint density at radius 3 is 1.90 bits per heavy atom. The molecule has 3 N–H and O–H groups in total. The highest BCUT2D eigenvalue weighted by Gasteiger charge is 2.38. The van der Waals surface area contributed by atoms with E-state index in [1.807, 2.05) is 53.7 Å². The highest BCUT2D eigenvalue weighted by molar-refractivity contribution is 5.92. The first-order valence-electron chi connectivity index (χ1n) is 17.0. The molecule has 256 valence electrons. The number of aliphatic hydroxyl groups is 1. The normalized spacial score (nSPS) is 21.3. The van der Waals surface area contributed by atoms with Gasteiger partial charge in [0.05, 0.1) is 42.7 Å². The number of aliphatic hydroxyl groups excluding tert-OH is 1. The van der Waals surface area contributed by atoms with Gasteiger partial charge in [0.25, 0.3) is 0 Å². The first kappa shape index (κ1) is 33.5. The van der Waals surface area contributed by atoms with Gasteiger partial charge >= 0.3 is 12.2 Å². The Hall–Kier alpha value is -4.38. The number of imidazole rings is 1. The van der Waals surface area contributed by atoms with Crippen LogP contribution in [0.3, 0.4) is 0 Å². The van der Waals surface area contributed by atoms with Crippen molar-refractivity contribution in [3.8, 4) is 22.4 Å². The Morgan fingerprint density at radius 2 is 1.33 bits per heavy atom. The van der Waals surface area contributed by atoms with Crippen molar-refractivity contribution in [1.82, 2.24) is 25.1 Å². The molecule has 2 aromatic carbocycles. The summed E-state index contributed by atoms with van der Waals surface area (Å²) in [5.41, 5.74) is 4.36. The number of nitrogens with zero attached hydrogens (tertiary/aromatic N) is 4. The Morgan fingerprint density at radius 1 is 0.812 bits per heavy atom. The molecule has 3 atom stereocenters. The van der Waals surface area contributed by atoms with Gasteiger partial charge in [0.2, 0.25) is 0 Å². The average molecular weight is 657 g/mol. The molecule has 2 saturated heterocycles. The smallest absolute Gasteiger partial charge is 0.410 e. The van der Waals surface area contributed by atoms with Crippen molar-refractivity contribution in [1.29, 1.82) is 0 Å². The van der Waals surface area contributed by atoms with Crippen molar-refractivity contribution in [3.05, 3.63) is 65.6 Å². The molecular weight excluding hydrogens is 608 g/mol. The van der Waals surface area contributed by atoms with E-state index < -0.39 is 11.2 Å². The lowest BCUT2D eigenvalue weighted by molar-refractivity contribution is 0.0216. The zero-order valence-electron chi connectivity index (χ0n) is 28.9. The maximum Gasteiger partial charge on any atom is 0.410 e. The molecule has 2 amide bonds. The summed E-state index contributed by atoms with van der Waals surface area (Å²) in [6, 6.07) is 16.4. The van der Waals surface area contributed by atoms with Gasteiger partial charge in [-0.25, -0.2) is 14.6 Å². The molecule has 1 unspecified atom stereocenters. The van der Waals surface area contributed by atoms with Gasteiger partial charge in [-0.3, -0.25) is 14.8 Å². The average Bonchev–Trinajstić information content (AvgIpc) is 3.85. The number of hydrogen-bond acceptors (Lipinski definition) is 8. The topological polar surface area (TPSA) is 132 Å². The lowest BCUT2D eigenvalue weighted by Crippen LogP contribution is -2.46. The lowest BCUT2D eigenvalue weighted by atomic mass is 9.99. The first-order chi connectivity index (χ1) is 22.8. The van der Waals surface area contributed by atoms with Crippen LogP contribution in [-0.2, 0) is 16.1 Å². The first-order valence-corrected chi connectivity index (χ1v) is 17.0. The van der Waals surface area contributed by atoms with Gasteiger partial charge in [-0.1, -0.05) is 48.5 Å². The predicted octanol–water partition coefficient (Wildman–Crippen LogP) is 6.75. The Balaban J connectivity index is 1.11. The SMILES string of the molecule is CC(C)(C)OC(=O)N1CCC[C@H]1C1=NCC(c2ccc(-c3ccc(-c4nc([C@@H]5CCCN5C(=O)OC(C)(C)C)[nH]c4CO)cc3)cc2)N1. The Labute approximate surface area is 282 Å². The molecule has 6 rings (SSSR count). The number of rotatable bonds is 6. The molecule has 0 radical (unpaired) electrons. The number of benzene rings is 2. The minimum atomic E-state index is -0.579. The molecule has 0 spiro atoms. The third-order valence-electron chi connectivity index (χ3n) is 8.92. The number of aromatic amines is 1. The van der Waals surface area contributed by atoms with Crippen molar-refractivity contribution in [3.63, 3.8) is 0 Å². The van der Waals surface area contributed by atoms with E-state index in [1.54, 1.807) is 9.80 Å². The predicted molar refractivity (Wildman–Crippen MR) is 184 cm³/mol. The molecule has 3 aliphatic rings. The number of carbonyl (C=O) groups excluding carboxylic acids is 2. The van der Waals surface area contributed by atoms with Gasteiger partial charge in [-0.05, 0) is 83.9 Å². The van der Waals surface area contributed by atoms with Crippen LogP contribution in [0, 0.1) is 0 Å². The summed E-state index contributed by atoms with van der Waals surface area (Å²) < 4.78 is 11.3. The summed E-state index contributed by atoms with van der Waals surface area (Å²) in [4.78, 5) is 42.1. The summed E-state index contributed by atoms with van der Waals surface area (Å²) in [5, 5.41) is 13.7. The number of nitrogens with one attached hydrogen (secondary N) is 2. The van der Waals surface area contributed by atoms with Gasteiger partial charge in [-0.2, -0.15) is 0 Å². The molecule has 3 aromatic rings. The lowest BCUT2D eigenvalue weighted by Gasteiger charge is -2.29. The zero-order chi connectivity index (χ0) is 34.2. The van der Waals surface area contributed by atoms with Crippen molar-refractivity contribution >= 4 is 18.0 Å². The van der Waals surface area contributed by atoms with E-state index in [-0.39, 0.29) is 36.9 Å². The van der Waals surface area contributed by atoms with Gasteiger partial charge in [0.1, 0.15) is 22.9 Å². The van der Waals surface area contributed by atoms with E-state index in [0.29, 0.717) is 36.8 Å². The molecule has 0 bridgehead atoms. The fourth-order valence-corrected chi connectivity index (χ4v) is 6.70. The van der Waals surface area contributed by atoms with Gasteiger partial charge in [0.15, 0.2) is 0 Å². The van der Waals surface area contributed by atoms with Crippen molar-refractivity contribution < 1.29 is 24.2 Å². The van der Waals surface area contributed by atoms with Crippen molar-refractivity contribution in [2.24, 2.45) is 4.99 Å². The number of H-pyrrole nitrogens is 1. The second kappa shape index (κ2) is 13.3. The van der Waals surface area contributed by atoms with Crippen LogP contribution < -0.4 is 5.32 Å². The second-order valence-corrected chi connectivity index (χ2v) is 14.9. The summed E-state index contributed by atoms with van der Waals surface area (Å²) in [5.74, 6) is 1.52. The molecule has 2 fully saturated rings. The number of hydrogen-bond donors (Lipinski definition) is 3. The summed E-state index contributed by atoms with van der Waals surface area (Å²) >= 11 is 0. The number of carbonyl (C=O) groups is 2. The number of amides is 2. The standard InChI is InChI=1S/C37H48N6O5/c1-36(2,3)47-34(45)42-19-7-9-29(42)32-38-21-27(39-32)25-15-11-23(12-16-25)24-13-17-26(18-14-24)31-28(22-44)40-33(41-31)30-10-8-20-43(30)35(46)48-37(4,5)6/h11-18,27,29-30,44H,7-10,19-22H2,1-6H3,(H,38,39)(H,40,41)/t27?,29-,30-/m0/s1. The van der Waals surface area contributed by atoms with E-state index in [4.69, 9.17) is 19.5 Å². The van der Waals surface area contributed by atoms with E-state index in [1.165, 1.54) is 0 Å². The zero-order valence-corrected chi connectivity index (χ0v) is 28.9. The van der Waals surface area contributed by atoms with E-state index in [0.717, 1.165) is 53.8 Å². The molecule has 11 nitrogen and oxygen atoms in total. The van der Waals surface area contributed by atoms with Crippen LogP contribution in [0.5, 0.6) is 0 Å². The number of likely N-dealkylation sites (tertiary alicyclic amines) is 2. The summed E-state index contributed by atoms with van der Waals surface area (Å²) in [6.45, 7) is 13.0. The van der Waals surface area contributed by atoms with E-state index in [9.17, 15) is 14.7 Å². The van der Waals surface area contributed by atoms with Crippen LogP contribution in [0.1, 0.15) is 96.4 Å². The number of aromatic nitrogens is 2. The monoisotopic (exact) mass is 656 g/mol. The highest BCUT2D eigenvalue weighted by Crippen LogP contribution is 2.35. The fourth-order valence-electron chi connectivity index (χ4n) is 6.70. The number of aliphatic imine (C=N–C) groups is 1. The Bertz CT molecular complexity index is 1650. The molecule has 48 heavy (non-hydrogen) atoms. The number of ether oxygens (including phenoxy) is 2.